The summed E-state index contributed by atoms with van der Waals surface area (Å²) in [6.07, 6.45) is 0.801. The molecule has 1 aromatic carbocycles. The highest BCUT2D eigenvalue weighted by Gasteiger charge is 2.07. The van der Waals surface area contributed by atoms with E-state index in [0.29, 0.717) is 13.0 Å². The van der Waals surface area contributed by atoms with Crippen molar-refractivity contribution in [3.05, 3.63) is 34.6 Å². The molecule has 2 nitrogen and oxygen atoms in total. The van der Waals surface area contributed by atoms with Crippen molar-refractivity contribution in [2.75, 3.05) is 6.61 Å². The van der Waals surface area contributed by atoms with Gasteiger partial charge in [-0.2, -0.15) is 0 Å². The molecule has 0 aliphatic carbocycles. The van der Waals surface area contributed by atoms with Gasteiger partial charge in [-0.15, -0.1) is 0 Å². The highest BCUT2D eigenvalue weighted by molar-refractivity contribution is 6.30. The van der Waals surface area contributed by atoms with Crippen LogP contribution in [-0.4, -0.2) is 18.8 Å². The molecule has 4 heteroatoms. The largest absolute Gasteiger partial charge is 0.377 e. The van der Waals surface area contributed by atoms with Crippen LogP contribution in [0.3, 0.4) is 0 Å². The molecule has 0 amide bonds. The van der Waals surface area contributed by atoms with Gasteiger partial charge in [0, 0.05) is 6.04 Å². The summed E-state index contributed by atoms with van der Waals surface area (Å²) >= 11 is 5.68. The van der Waals surface area contributed by atoms with Crippen LogP contribution in [0.5, 0.6) is 0 Å². The number of hydrogen-bond donors (Lipinski definition) is 1. The van der Waals surface area contributed by atoms with E-state index in [0.717, 1.165) is 5.56 Å². The lowest BCUT2D eigenvalue weighted by Gasteiger charge is -2.14. The summed E-state index contributed by atoms with van der Waals surface area (Å²) in [7, 11) is 0. The van der Waals surface area contributed by atoms with Crippen LogP contribution in [0, 0.1) is 5.82 Å². The molecule has 0 bridgehead atoms. The number of ether oxygens (including phenoxy) is 1. The summed E-state index contributed by atoms with van der Waals surface area (Å²) in [5, 5.41) is 0.134. The molecule has 0 spiro atoms. The second-order valence-corrected chi connectivity index (χ2v) is 4.50. The third kappa shape index (κ3) is 4.47. The molecule has 0 aliphatic heterocycles. The number of hydrogen-bond acceptors (Lipinski definition) is 2. The summed E-state index contributed by atoms with van der Waals surface area (Å²) in [5.41, 5.74) is 6.80. The zero-order valence-electron chi connectivity index (χ0n) is 9.54. The van der Waals surface area contributed by atoms with Crippen molar-refractivity contribution in [2.45, 2.75) is 32.4 Å². The van der Waals surface area contributed by atoms with Gasteiger partial charge in [0.15, 0.2) is 0 Å². The first kappa shape index (κ1) is 13.4. The van der Waals surface area contributed by atoms with E-state index in [4.69, 9.17) is 22.1 Å². The highest BCUT2D eigenvalue weighted by Crippen LogP contribution is 2.16. The number of rotatable bonds is 5. The normalized spacial score (nSPS) is 13.1. The standard InChI is InChI=1S/C12H17ClFNO/c1-8(2)16-7-10(15)5-9-3-4-12(14)11(13)6-9/h3-4,6,8,10H,5,7,15H2,1-2H3. The quantitative estimate of drug-likeness (QED) is 0.866. The van der Waals surface area contributed by atoms with Crippen molar-refractivity contribution in [1.29, 1.82) is 0 Å². The van der Waals surface area contributed by atoms with Gasteiger partial charge in [0.05, 0.1) is 17.7 Å². The van der Waals surface area contributed by atoms with E-state index >= 15 is 0 Å². The summed E-state index contributed by atoms with van der Waals surface area (Å²) < 4.78 is 18.3. The molecule has 0 saturated carbocycles. The minimum Gasteiger partial charge on any atom is -0.377 e. The Hall–Kier alpha value is -0.640. The predicted molar refractivity (Wildman–Crippen MR) is 64.2 cm³/mol. The topological polar surface area (TPSA) is 35.2 Å². The van der Waals surface area contributed by atoms with Gasteiger partial charge >= 0.3 is 0 Å². The molecule has 0 heterocycles. The monoisotopic (exact) mass is 245 g/mol. The summed E-state index contributed by atoms with van der Waals surface area (Å²) in [6, 6.07) is 4.56. The number of nitrogens with two attached hydrogens (primary N) is 1. The first-order valence-electron chi connectivity index (χ1n) is 5.30. The first-order valence-corrected chi connectivity index (χ1v) is 5.68. The number of benzene rings is 1. The van der Waals surface area contributed by atoms with E-state index in [-0.39, 0.29) is 17.2 Å². The van der Waals surface area contributed by atoms with E-state index in [2.05, 4.69) is 0 Å². The van der Waals surface area contributed by atoms with Crippen LogP contribution >= 0.6 is 11.6 Å². The molecular formula is C12H17ClFNO. The molecule has 0 saturated heterocycles. The van der Waals surface area contributed by atoms with Gasteiger partial charge in [-0.1, -0.05) is 17.7 Å². The molecule has 16 heavy (non-hydrogen) atoms. The van der Waals surface area contributed by atoms with Gasteiger partial charge in [-0.25, -0.2) is 4.39 Å². The molecule has 1 unspecified atom stereocenters. The molecule has 0 radical (unpaired) electrons. The third-order valence-corrected chi connectivity index (χ3v) is 2.42. The second-order valence-electron chi connectivity index (χ2n) is 4.09. The Labute approximate surface area is 101 Å². The Morgan fingerprint density at radius 3 is 2.69 bits per heavy atom. The van der Waals surface area contributed by atoms with Gasteiger partial charge in [0.25, 0.3) is 0 Å². The Kier molecular flexibility index (Phi) is 5.19. The van der Waals surface area contributed by atoms with E-state index in [9.17, 15) is 4.39 Å². The maximum atomic E-state index is 12.9. The fourth-order valence-corrected chi connectivity index (χ4v) is 1.55. The highest BCUT2D eigenvalue weighted by atomic mass is 35.5. The van der Waals surface area contributed by atoms with Crippen LogP contribution in [0.4, 0.5) is 4.39 Å². The van der Waals surface area contributed by atoms with Gasteiger partial charge in [0.1, 0.15) is 5.82 Å². The molecule has 90 valence electrons. The smallest absolute Gasteiger partial charge is 0.141 e. The van der Waals surface area contributed by atoms with Crippen LogP contribution in [0.15, 0.2) is 18.2 Å². The third-order valence-electron chi connectivity index (χ3n) is 2.13. The second kappa shape index (κ2) is 6.18. The first-order chi connectivity index (χ1) is 7.49. The lowest BCUT2D eigenvalue weighted by molar-refractivity contribution is 0.0684. The molecule has 2 N–H and O–H groups in total. The lowest BCUT2D eigenvalue weighted by Crippen LogP contribution is -2.30. The zero-order valence-corrected chi connectivity index (χ0v) is 10.3. The molecule has 0 aromatic heterocycles. The summed E-state index contributed by atoms with van der Waals surface area (Å²) in [6.45, 7) is 4.41. The Morgan fingerprint density at radius 2 is 2.12 bits per heavy atom. The Balaban J connectivity index is 2.49. The fraction of sp³-hybridized carbons (Fsp3) is 0.500. The lowest BCUT2D eigenvalue weighted by atomic mass is 10.1. The fourth-order valence-electron chi connectivity index (χ4n) is 1.34. The average Bonchev–Trinajstić information content (AvgIpc) is 2.21. The molecule has 1 atom stereocenters. The van der Waals surface area contributed by atoms with E-state index in [1.165, 1.54) is 6.07 Å². The van der Waals surface area contributed by atoms with Crippen molar-refractivity contribution in [2.24, 2.45) is 5.73 Å². The zero-order chi connectivity index (χ0) is 12.1. The summed E-state index contributed by atoms with van der Waals surface area (Å²) in [5.74, 6) is -0.405. The van der Waals surface area contributed by atoms with Crippen LogP contribution in [0.25, 0.3) is 0 Å². The SMILES string of the molecule is CC(C)OCC(N)Cc1ccc(F)c(Cl)c1. The Morgan fingerprint density at radius 1 is 1.44 bits per heavy atom. The summed E-state index contributed by atoms with van der Waals surface area (Å²) in [4.78, 5) is 0. The van der Waals surface area contributed by atoms with E-state index in [1.807, 2.05) is 13.8 Å². The van der Waals surface area contributed by atoms with Crippen molar-refractivity contribution in [3.8, 4) is 0 Å². The van der Waals surface area contributed by atoms with Crippen molar-refractivity contribution >= 4 is 11.6 Å². The minimum atomic E-state index is -0.405. The van der Waals surface area contributed by atoms with Crippen LogP contribution < -0.4 is 5.73 Å². The Bertz CT molecular complexity index is 344. The van der Waals surface area contributed by atoms with Gasteiger partial charge in [0.2, 0.25) is 0 Å². The van der Waals surface area contributed by atoms with E-state index in [1.54, 1.807) is 12.1 Å². The maximum Gasteiger partial charge on any atom is 0.141 e. The van der Waals surface area contributed by atoms with Crippen molar-refractivity contribution in [1.82, 2.24) is 0 Å². The molecule has 1 rings (SSSR count). The van der Waals surface area contributed by atoms with Crippen molar-refractivity contribution < 1.29 is 9.13 Å². The predicted octanol–water partition coefficient (Wildman–Crippen LogP) is 2.77. The van der Waals surface area contributed by atoms with Gasteiger partial charge in [-0.3, -0.25) is 0 Å². The molecule has 0 aliphatic rings. The minimum absolute atomic E-state index is 0.0936. The maximum absolute atomic E-state index is 12.9. The van der Waals surface area contributed by atoms with Crippen LogP contribution in [0.1, 0.15) is 19.4 Å². The van der Waals surface area contributed by atoms with Crippen LogP contribution in [-0.2, 0) is 11.2 Å². The molecular weight excluding hydrogens is 229 g/mol. The molecule has 1 aromatic rings. The molecule has 0 fully saturated rings. The van der Waals surface area contributed by atoms with Crippen molar-refractivity contribution in [3.63, 3.8) is 0 Å². The van der Waals surface area contributed by atoms with Crippen LogP contribution in [0.2, 0.25) is 5.02 Å². The average molecular weight is 246 g/mol. The van der Waals surface area contributed by atoms with E-state index < -0.39 is 5.82 Å². The van der Waals surface area contributed by atoms with Gasteiger partial charge < -0.3 is 10.5 Å². The van der Waals surface area contributed by atoms with Gasteiger partial charge in [-0.05, 0) is 38.0 Å². The number of halogens is 2.